The molecule has 0 spiro atoms. The van der Waals surface area contributed by atoms with Gasteiger partial charge in [-0.15, -0.1) is 17.3 Å². The van der Waals surface area contributed by atoms with Gasteiger partial charge in [0.2, 0.25) is 5.91 Å². The predicted octanol–water partition coefficient (Wildman–Crippen LogP) is 9.72. The van der Waals surface area contributed by atoms with Gasteiger partial charge >= 0.3 is 0 Å². The highest BCUT2D eigenvalue weighted by atomic mass is 16.3. The molecule has 6 heteroatoms. The number of rotatable bonds is 11. The summed E-state index contributed by atoms with van der Waals surface area (Å²) in [6.45, 7) is 19.6. The van der Waals surface area contributed by atoms with Gasteiger partial charge in [0.05, 0.1) is 6.42 Å². The van der Waals surface area contributed by atoms with Gasteiger partial charge in [-0.1, -0.05) is 132 Å². The van der Waals surface area contributed by atoms with Gasteiger partial charge in [-0.05, 0) is 75.8 Å². The standard InChI is InChI=1S/C12H17NO.C12H18.C9H13N.C3H5NO2.C3H4.C2H6/c1-3-8-13-12(14)9-11-6-4-10(2)5-7-11;1-3-5-6-12-9-7-11(4-2)8-10-12;1-8-3-5-9(6-4-8)7-10-2;1-2-3(5)4-6;1-3-2;1-2/h4-7H,3,8-9H2,1-2H3,(H,13,14);7-10H,3-6H2,1-2H3;3-6,10H,7H2,1-2H3;2H2,1H3;1H,2H3;1-2H3. The van der Waals surface area contributed by atoms with E-state index in [1.165, 1.54) is 47.1 Å². The number of hydrogen-bond donors (Lipinski definition) is 2. The maximum Gasteiger partial charge on any atom is 0.286 e. The summed E-state index contributed by atoms with van der Waals surface area (Å²) >= 11 is 0. The van der Waals surface area contributed by atoms with Gasteiger partial charge in [0.1, 0.15) is 0 Å². The van der Waals surface area contributed by atoms with Crippen LogP contribution in [0.3, 0.4) is 0 Å². The predicted molar refractivity (Wildman–Crippen MR) is 204 cm³/mol. The lowest BCUT2D eigenvalue weighted by atomic mass is 10.1. The number of benzene rings is 3. The molecule has 2 N–H and O–H groups in total. The lowest BCUT2D eigenvalue weighted by molar-refractivity contribution is -0.120. The van der Waals surface area contributed by atoms with Crippen LogP contribution in [0.2, 0.25) is 0 Å². The highest BCUT2D eigenvalue weighted by Gasteiger charge is 2.01. The van der Waals surface area contributed by atoms with E-state index in [2.05, 4.69) is 97.5 Å². The largest absolute Gasteiger partial charge is 0.356 e. The lowest BCUT2D eigenvalue weighted by Gasteiger charge is -2.03. The molecule has 2 amide bonds. The smallest absolute Gasteiger partial charge is 0.286 e. The number of nitrogens with zero attached hydrogens (tertiary/aromatic N) is 1. The number of aryl methyl sites for hydroxylation is 4. The SMILES string of the molecule is C#CC.CC.CCC(=O)N=O.CCCCc1ccc(CC)cc1.CCCNC(=O)Cc1ccc(C)cc1.CNCc1ccc(C)cc1. The van der Waals surface area contributed by atoms with E-state index < -0.39 is 5.91 Å². The number of carbonyl (C=O) groups excluding carboxylic acids is 2. The summed E-state index contributed by atoms with van der Waals surface area (Å²) in [6, 6.07) is 25.6. The molecule has 6 nitrogen and oxygen atoms in total. The molecule has 0 unspecified atom stereocenters. The van der Waals surface area contributed by atoms with E-state index in [1.54, 1.807) is 13.8 Å². The third-order valence-electron chi connectivity index (χ3n) is 6.21. The molecule has 47 heavy (non-hydrogen) atoms. The highest BCUT2D eigenvalue weighted by Crippen LogP contribution is 2.08. The van der Waals surface area contributed by atoms with Crippen LogP contribution >= 0.6 is 0 Å². The molecular weight excluding hydrogens is 582 g/mol. The van der Waals surface area contributed by atoms with E-state index in [0.717, 1.165) is 31.5 Å². The zero-order chi connectivity index (χ0) is 36.3. The molecule has 0 fully saturated rings. The van der Waals surface area contributed by atoms with Crippen molar-refractivity contribution in [1.82, 2.24) is 10.6 Å². The second-order valence-corrected chi connectivity index (χ2v) is 10.4. The molecule has 0 saturated heterocycles. The zero-order valence-corrected chi connectivity index (χ0v) is 31.0. The van der Waals surface area contributed by atoms with E-state index in [9.17, 15) is 9.59 Å². The molecule has 0 atom stereocenters. The van der Waals surface area contributed by atoms with Crippen molar-refractivity contribution >= 4 is 11.8 Å². The summed E-state index contributed by atoms with van der Waals surface area (Å²) in [4.78, 5) is 30.2. The molecule has 0 saturated carbocycles. The molecule has 0 aliphatic heterocycles. The first-order valence-electron chi connectivity index (χ1n) is 17.0. The molecule has 0 aliphatic carbocycles. The summed E-state index contributed by atoms with van der Waals surface area (Å²) in [6.07, 6.45) is 11.3. The van der Waals surface area contributed by atoms with Crippen LogP contribution in [-0.4, -0.2) is 25.4 Å². The van der Waals surface area contributed by atoms with Crippen LogP contribution in [0.25, 0.3) is 0 Å². The lowest BCUT2D eigenvalue weighted by Crippen LogP contribution is -2.25. The molecule has 0 aromatic heterocycles. The fourth-order valence-corrected chi connectivity index (χ4v) is 3.52. The van der Waals surface area contributed by atoms with Gasteiger partial charge < -0.3 is 10.6 Å². The summed E-state index contributed by atoms with van der Waals surface area (Å²) < 4.78 is 0. The molecule has 260 valence electrons. The van der Waals surface area contributed by atoms with E-state index in [-0.39, 0.29) is 12.3 Å². The molecule has 3 aromatic carbocycles. The Hall–Kier alpha value is -4.08. The van der Waals surface area contributed by atoms with E-state index >= 15 is 0 Å². The maximum atomic E-state index is 11.3. The monoisotopic (exact) mass is 645 g/mol. The molecule has 0 radical (unpaired) electrons. The summed E-state index contributed by atoms with van der Waals surface area (Å²) in [5.41, 5.74) is 7.88. The van der Waals surface area contributed by atoms with Crippen molar-refractivity contribution in [3.63, 3.8) is 0 Å². The van der Waals surface area contributed by atoms with Crippen LogP contribution in [0.5, 0.6) is 0 Å². The summed E-state index contributed by atoms with van der Waals surface area (Å²) in [7, 11) is 1.96. The van der Waals surface area contributed by atoms with Crippen molar-refractivity contribution in [2.24, 2.45) is 5.18 Å². The number of amides is 2. The molecule has 0 aliphatic rings. The molecule has 0 heterocycles. The van der Waals surface area contributed by atoms with Crippen LogP contribution in [0.15, 0.2) is 78.0 Å². The number of nitrogens with one attached hydrogen (secondary N) is 2. The average Bonchev–Trinajstić information content (AvgIpc) is 3.10. The topological polar surface area (TPSA) is 87.6 Å². The van der Waals surface area contributed by atoms with Crippen molar-refractivity contribution < 1.29 is 9.59 Å². The fourth-order valence-electron chi connectivity index (χ4n) is 3.52. The Bertz CT molecular complexity index is 1200. The number of hydrogen-bond acceptors (Lipinski definition) is 4. The highest BCUT2D eigenvalue weighted by molar-refractivity contribution is 5.78. The van der Waals surface area contributed by atoms with Gasteiger partial charge in [0.25, 0.3) is 5.91 Å². The van der Waals surface area contributed by atoms with E-state index in [0.29, 0.717) is 6.42 Å². The fraction of sp³-hybridized carbons (Fsp3) is 0.463. The number of terminal acetylenes is 1. The van der Waals surface area contributed by atoms with Crippen LogP contribution in [-0.2, 0) is 35.4 Å². The van der Waals surface area contributed by atoms with Crippen molar-refractivity contribution in [2.45, 2.75) is 114 Å². The Morgan fingerprint density at radius 3 is 1.55 bits per heavy atom. The van der Waals surface area contributed by atoms with Crippen molar-refractivity contribution in [1.29, 1.82) is 0 Å². The molecule has 0 bridgehead atoms. The van der Waals surface area contributed by atoms with Gasteiger partial charge in [0, 0.05) is 24.7 Å². The minimum Gasteiger partial charge on any atom is -0.356 e. The number of unbranched alkanes of at least 4 members (excludes halogenated alkanes) is 1. The zero-order valence-electron chi connectivity index (χ0n) is 31.0. The Balaban J connectivity index is -0.000000540. The summed E-state index contributed by atoms with van der Waals surface area (Å²) in [5.74, 6) is 1.77. The van der Waals surface area contributed by atoms with Crippen LogP contribution in [0.4, 0.5) is 0 Å². The Morgan fingerprint density at radius 2 is 1.19 bits per heavy atom. The second-order valence-electron chi connectivity index (χ2n) is 10.4. The van der Waals surface area contributed by atoms with Gasteiger partial charge in [-0.3, -0.25) is 9.59 Å². The number of nitroso groups, excluding NO2 is 1. The van der Waals surface area contributed by atoms with E-state index in [1.807, 2.05) is 59.0 Å². The Labute approximate surface area is 287 Å². The third-order valence-corrected chi connectivity index (χ3v) is 6.21. The van der Waals surface area contributed by atoms with Gasteiger partial charge in [0.15, 0.2) is 0 Å². The second kappa shape index (κ2) is 34.8. The normalized spacial score (nSPS) is 8.87. The number of carbonyl (C=O) groups is 2. The maximum absolute atomic E-state index is 11.3. The van der Waals surface area contributed by atoms with Crippen LogP contribution in [0, 0.1) is 31.1 Å². The first-order valence-corrected chi connectivity index (χ1v) is 17.0. The van der Waals surface area contributed by atoms with Gasteiger partial charge in [-0.25, -0.2) is 0 Å². The first kappa shape index (κ1) is 47.3. The minimum absolute atomic E-state index is 0.107. The van der Waals surface area contributed by atoms with Crippen molar-refractivity contribution in [3.05, 3.63) is 111 Å². The van der Waals surface area contributed by atoms with Crippen LogP contribution < -0.4 is 10.6 Å². The first-order chi connectivity index (χ1) is 22.6. The van der Waals surface area contributed by atoms with Crippen LogP contribution in [0.1, 0.15) is 108 Å². The Morgan fingerprint density at radius 1 is 0.745 bits per heavy atom. The average molecular weight is 646 g/mol. The van der Waals surface area contributed by atoms with E-state index in [4.69, 9.17) is 4.91 Å². The summed E-state index contributed by atoms with van der Waals surface area (Å²) in [5, 5.41) is 8.08. The molecule has 3 aromatic rings. The minimum atomic E-state index is -0.588. The molecular formula is C41H63N3O3. The quantitative estimate of drug-likeness (QED) is 0.161. The van der Waals surface area contributed by atoms with Crippen molar-refractivity contribution in [2.75, 3.05) is 13.6 Å². The Kier molecular flexibility index (Phi) is 35.0. The van der Waals surface area contributed by atoms with Gasteiger partial charge in [-0.2, -0.15) is 0 Å². The third kappa shape index (κ3) is 30.3. The van der Waals surface area contributed by atoms with Crippen molar-refractivity contribution in [3.8, 4) is 12.3 Å². The molecule has 3 rings (SSSR count).